The van der Waals surface area contributed by atoms with E-state index >= 15 is 0 Å². The summed E-state index contributed by atoms with van der Waals surface area (Å²) in [5, 5.41) is 0. The molecule has 4 saturated carbocycles. The summed E-state index contributed by atoms with van der Waals surface area (Å²) < 4.78 is 10.1. The predicted octanol–water partition coefficient (Wildman–Crippen LogP) is 8.03. The molecule has 0 aromatic carbocycles. The first kappa shape index (κ1) is 21.6. The Morgan fingerprint density at radius 2 is 1.00 bits per heavy atom. The maximum Gasteiger partial charge on any atom is 0.0668 e. The van der Waals surface area contributed by atoms with Crippen LogP contribution in [0.3, 0.4) is 0 Å². The van der Waals surface area contributed by atoms with Gasteiger partial charge in [0.15, 0.2) is 0 Å². The Kier molecular flexibility index (Phi) is 7.90. The molecule has 0 unspecified atom stereocenters. The highest BCUT2D eigenvalue weighted by molar-refractivity contribution is 7.56. The minimum absolute atomic E-state index is 0.106. The highest BCUT2D eigenvalue weighted by Gasteiger charge is 2.42. The lowest BCUT2D eigenvalue weighted by Crippen LogP contribution is -2.34. The normalized spacial score (nSPS) is 31.4. The van der Waals surface area contributed by atoms with Gasteiger partial charge in [0.1, 0.15) is 0 Å². The van der Waals surface area contributed by atoms with E-state index in [1.54, 1.807) is 25.7 Å². The van der Waals surface area contributed by atoms with Crippen LogP contribution in [0.1, 0.15) is 116 Å². The van der Waals surface area contributed by atoms with E-state index in [4.69, 9.17) is 4.52 Å². The van der Waals surface area contributed by atoms with Crippen LogP contribution in [-0.2, 0) is 4.52 Å². The van der Waals surface area contributed by atoms with Gasteiger partial charge in [0.2, 0.25) is 0 Å². The fourth-order valence-electron chi connectivity index (χ4n) is 7.35. The molecule has 1 aliphatic heterocycles. The molecule has 0 N–H and O–H groups in total. The molecule has 0 aromatic rings. The van der Waals surface area contributed by atoms with E-state index in [0.717, 1.165) is 35.3 Å². The minimum atomic E-state index is -0.157. The van der Waals surface area contributed by atoms with Crippen molar-refractivity contribution in [3.8, 4) is 0 Å². The van der Waals surface area contributed by atoms with Gasteiger partial charge in [0.05, 0.1) is 6.61 Å². The maximum absolute atomic E-state index is 7.03. The van der Waals surface area contributed by atoms with Gasteiger partial charge in [-0.3, -0.25) is 4.67 Å². The standard InChI is InChI=1S/C25H45NOP2/c1-2-12-22(11-1)28(23-13-3-4-14-23)26-19-9-10-21(26)20-27-29(24-15-5-6-16-24)25-17-7-8-18-25/h21-25H,1-20H2/t21-/m0/s1. The lowest BCUT2D eigenvalue weighted by atomic mass is 10.2. The topological polar surface area (TPSA) is 12.5 Å². The Labute approximate surface area is 182 Å². The predicted molar refractivity (Wildman–Crippen MR) is 129 cm³/mol. The average Bonchev–Trinajstić information content (AvgIpc) is 3.56. The summed E-state index contributed by atoms with van der Waals surface area (Å²) in [6.07, 6.45) is 26.9. The van der Waals surface area contributed by atoms with E-state index in [-0.39, 0.29) is 16.2 Å². The Morgan fingerprint density at radius 3 is 1.48 bits per heavy atom. The van der Waals surface area contributed by atoms with Crippen LogP contribution in [-0.4, -0.2) is 46.5 Å². The molecular weight excluding hydrogens is 392 g/mol. The van der Waals surface area contributed by atoms with Gasteiger partial charge < -0.3 is 4.52 Å². The summed E-state index contributed by atoms with van der Waals surface area (Å²) in [5.41, 5.74) is 4.04. The highest BCUT2D eigenvalue weighted by atomic mass is 31.1. The molecular formula is C25H45NOP2. The van der Waals surface area contributed by atoms with E-state index in [0.29, 0.717) is 0 Å². The molecule has 29 heavy (non-hydrogen) atoms. The van der Waals surface area contributed by atoms with Crippen molar-refractivity contribution in [2.45, 2.75) is 144 Å². The lowest BCUT2D eigenvalue weighted by molar-refractivity contribution is 0.249. The molecule has 0 spiro atoms. The Balaban J connectivity index is 1.25. The average molecular weight is 438 g/mol. The van der Waals surface area contributed by atoms with Crippen LogP contribution in [0.25, 0.3) is 0 Å². The van der Waals surface area contributed by atoms with Crippen molar-refractivity contribution in [1.29, 1.82) is 0 Å². The van der Waals surface area contributed by atoms with Crippen LogP contribution >= 0.6 is 16.2 Å². The third-order valence-electron chi connectivity index (χ3n) is 8.83. The summed E-state index contributed by atoms with van der Waals surface area (Å²) in [4.78, 5) is 0. The second-order valence-corrected chi connectivity index (χ2v) is 15.9. The molecule has 4 aliphatic carbocycles. The summed E-state index contributed by atoms with van der Waals surface area (Å²) in [7, 11) is -0.0514. The van der Waals surface area contributed by atoms with E-state index in [2.05, 4.69) is 4.67 Å². The van der Waals surface area contributed by atoms with Gasteiger partial charge in [0, 0.05) is 32.1 Å². The zero-order valence-electron chi connectivity index (χ0n) is 18.8. The lowest BCUT2D eigenvalue weighted by Gasteiger charge is -2.41. The number of hydrogen-bond donors (Lipinski definition) is 0. The molecule has 0 bridgehead atoms. The van der Waals surface area contributed by atoms with E-state index in [1.807, 2.05) is 0 Å². The third-order valence-corrected chi connectivity index (χ3v) is 15.4. The van der Waals surface area contributed by atoms with Crippen LogP contribution < -0.4 is 0 Å². The van der Waals surface area contributed by atoms with Gasteiger partial charge >= 0.3 is 0 Å². The molecule has 4 heteroatoms. The zero-order chi connectivity index (χ0) is 19.5. The molecule has 5 rings (SSSR count). The second kappa shape index (κ2) is 10.6. The van der Waals surface area contributed by atoms with Crippen molar-refractivity contribution in [2.24, 2.45) is 0 Å². The molecule has 0 amide bonds. The molecule has 0 aromatic heterocycles. The van der Waals surface area contributed by atoms with Crippen LogP contribution in [0, 0.1) is 0 Å². The minimum Gasteiger partial charge on any atom is -0.357 e. The summed E-state index contributed by atoms with van der Waals surface area (Å²) in [5.74, 6) is 0. The zero-order valence-corrected chi connectivity index (χ0v) is 20.6. The van der Waals surface area contributed by atoms with E-state index < -0.39 is 0 Å². The first-order valence-corrected chi connectivity index (χ1v) is 16.2. The molecule has 2 nitrogen and oxygen atoms in total. The SMILES string of the molecule is C1CCC(P(OC[C@@H]2CCCN2P(C2CCCC2)C2CCCC2)C2CCCC2)C1. The first-order chi connectivity index (χ1) is 14.4. The van der Waals surface area contributed by atoms with Gasteiger partial charge in [-0.15, -0.1) is 0 Å². The quantitative estimate of drug-likeness (QED) is 0.356. The number of hydrogen-bond acceptors (Lipinski definition) is 2. The number of nitrogens with zero attached hydrogens (tertiary/aromatic N) is 1. The van der Waals surface area contributed by atoms with Gasteiger partial charge in [-0.1, -0.05) is 51.4 Å². The first-order valence-electron chi connectivity index (χ1n) is 13.4. The Hall–Kier alpha value is 0.780. The van der Waals surface area contributed by atoms with Crippen LogP contribution in [0.2, 0.25) is 0 Å². The van der Waals surface area contributed by atoms with Crippen molar-refractivity contribution in [3.63, 3.8) is 0 Å². The summed E-state index contributed by atoms with van der Waals surface area (Å²) in [6, 6.07) is 0.773. The summed E-state index contributed by atoms with van der Waals surface area (Å²) in [6.45, 7) is 2.49. The highest BCUT2D eigenvalue weighted by Crippen LogP contribution is 2.62. The number of rotatable bonds is 8. The maximum atomic E-state index is 7.03. The molecule has 5 aliphatic rings. The van der Waals surface area contributed by atoms with E-state index in [1.165, 1.54) is 96.4 Å². The van der Waals surface area contributed by atoms with Gasteiger partial charge in [-0.25, -0.2) is 0 Å². The molecule has 5 fully saturated rings. The van der Waals surface area contributed by atoms with Crippen molar-refractivity contribution in [2.75, 3.05) is 13.2 Å². The van der Waals surface area contributed by atoms with Crippen LogP contribution in [0.15, 0.2) is 0 Å². The molecule has 1 saturated heterocycles. The van der Waals surface area contributed by atoms with Crippen LogP contribution in [0.5, 0.6) is 0 Å². The Bertz CT molecular complexity index is 461. The van der Waals surface area contributed by atoms with Gasteiger partial charge in [-0.05, 0) is 83.6 Å². The van der Waals surface area contributed by atoms with Crippen molar-refractivity contribution in [1.82, 2.24) is 4.67 Å². The van der Waals surface area contributed by atoms with Gasteiger partial charge in [-0.2, -0.15) is 0 Å². The fraction of sp³-hybridized carbons (Fsp3) is 1.00. The Morgan fingerprint density at radius 1 is 0.552 bits per heavy atom. The molecule has 1 heterocycles. The molecule has 0 radical (unpaired) electrons. The molecule has 1 atom stereocenters. The van der Waals surface area contributed by atoms with Gasteiger partial charge in [0.25, 0.3) is 0 Å². The second-order valence-electron chi connectivity index (χ2n) is 10.7. The van der Waals surface area contributed by atoms with Crippen molar-refractivity contribution in [3.05, 3.63) is 0 Å². The molecule has 166 valence electrons. The smallest absolute Gasteiger partial charge is 0.0668 e. The summed E-state index contributed by atoms with van der Waals surface area (Å²) >= 11 is 0. The monoisotopic (exact) mass is 437 g/mol. The fourth-order valence-corrected chi connectivity index (χ4v) is 14.6. The van der Waals surface area contributed by atoms with E-state index in [9.17, 15) is 0 Å². The third kappa shape index (κ3) is 5.07. The van der Waals surface area contributed by atoms with Crippen LogP contribution in [0.4, 0.5) is 0 Å². The van der Waals surface area contributed by atoms with Crippen molar-refractivity contribution >= 4 is 16.2 Å². The largest absolute Gasteiger partial charge is 0.357 e. The van der Waals surface area contributed by atoms with Crippen molar-refractivity contribution < 1.29 is 4.52 Å².